The maximum Gasteiger partial charge on any atom is 0.254 e. The molecule has 1 fully saturated rings. The molecular formula is C13H17BrN2O. The molecule has 0 aliphatic carbocycles. The highest BCUT2D eigenvalue weighted by Gasteiger charge is 2.27. The molecule has 4 heteroatoms. The van der Waals surface area contributed by atoms with Gasteiger partial charge in [0, 0.05) is 28.3 Å². The van der Waals surface area contributed by atoms with E-state index in [4.69, 9.17) is 5.73 Å². The van der Waals surface area contributed by atoms with Crippen LogP contribution in [0.2, 0.25) is 0 Å². The molecule has 2 N–H and O–H groups in total. The first kappa shape index (κ1) is 12.4. The molecule has 2 rings (SSSR count). The van der Waals surface area contributed by atoms with Crippen LogP contribution in [-0.2, 0) is 0 Å². The van der Waals surface area contributed by atoms with Crippen LogP contribution in [0.1, 0.15) is 35.7 Å². The Bertz CT molecular complexity index is 459. The van der Waals surface area contributed by atoms with Crippen LogP contribution in [0.3, 0.4) is 0 Å². The number of amides is 1. The van der Waals surface area contributed by atoms with Crippen molar-refractivity contribution in [2.24, 2.45) is 0 Å². The van der Waals surface area contributed by atoms with Crippen LogP contribution in [0.4, 0.5) is 5.69 Å². The van der Waals surface area contributed by atoms with Crippen molar-refractivity contribution < 1.29 is 4.79 Å². The third kappa shape index (κ3) is 2.32. The second-order valence-electron chi connectivity index (χ2n) is 4.66. The summed E-state index contributed by atoms with van der Waals surface area (Å²) in [5.41, 5.74) is 8.14. The van der Waals surface area contributed by atoms with Gasteiger partial charge in [0.1, 0.15) is 0 Å². The van der Waals surface area contributed by atoms with Crippen molar-refractivity contribution >= 4 is 27.5 Å². The molecule has 1 unspecified atom stereocenters. The molecule has 0 aromatic heterocycles. The Kier molecular flexibility index (Phi) is 3.43. The number of nitrogens with zero attached hydrogens (tertiary/aromatic N) is 1. The predicted molar refractivity (Wildman–Crippen MR) is 73.0 cm³/mol. The maximum atomic E-state index is 12.4. The summed E-state index contributed by atoms with van der Waals surface area (Å²) >= 11 is 3.39. The highest BCUT2D eigenvalue weighted by Crippen LogP contribution is 2.26. The molecule has 1 aliphatic heterocycles. The molecule has 0 radical (unpaired) electrons. The fourth-order valence-corrected chi connectivity index (χ4v) is 2.79. The third-order valence-corrected chi connectivity index (χ3v) is 3.91. The van der Waals surface area contributed by atoms with Gasteiger partial charge in [0.2, 0.25) is 0 Å². The number of benzene rings is 1. The normalized spacial score (nSPS) is 19.7. The van der Waals surface area contributed by atoms with Crippen LogP contribution in [0.15, 0.2) is 16.6 Å². The molecule has 1 heterocycles. The van der Waals surface area contributed by atoms with E-state index in [2.05, 4.69) is 22.9 Å². The Labute approximate surface area is 110 Å². The number of rotatable bonds is 1. The average Bonchev–Trinajstić information content (AvgIpc) is 2.69. The largest absolute Gasteiger partial charge is 0.398 e. The Morgan fingerprint density at radius 1 is 1.53 bits per heavy atom. The van der Waals surface area contributed by atoms with Gasteiger partial charge in [0.25, 0.3) is 5.91 Å². The molecule has 1 aromatic rings. The van der Waals surface area contributed by atoms with Crippen molar-refractivity contribution in [1.82, 2.24) is 4.90 Å². The van der Waals surface area contributed by atoms with E-state index in [1.807, 2.05) is 24.0 Å². The lowest BCUT2D eigenvalue weighted by molar-refractivity contribution is 0.0746. The van der Waals surface area contributed by atoms with Gasteiger partial charge in [-0.25, -0.2) is 0 Å². The molecule has 1 saturated heterocycles. The summed E-state index contributed by atoms with van der Waals surface area (Å²) in [7, 11) is 0. The van der Waals surface area contributed by atoms with Gasteiger partial charge in [-0.15, -0.1) is 0 Å². The van der Waals surface area contributed by atoms with E-state index < -0.39 is 0 Å². The lowest BCUT2D eigenvalue weighted by Gasteiger charge is -2.22. The van der Waals surface area contributed by atoms with Crippen LogP contribution < -0.4 is 5.73 Å². The van der Waals surface area contributed by atoms with Crippen LogP contribution >= 0.6 is 15.9 Å². The molecule has 1 atom stereocenters. The lowest BCUT2D eigenvalue weighted by Crippen LogP contribution is -2.34. The van der Waals surface area contributed by atoms with Gasteiger partial charge in [-0.3, -0.25) is 4.79 Å². The van der Waals surface area contributed by atoms with Gasteiger partial charge < -0.3 is 10.6 Å². The summed E-state index contributed by atoms with van der Waals surface area (Å²) in [6.45, 7) is 4.85. The molecule has 92 valence electrons. The smallest absolute Gasteiger partial charge is 0.254 e. The summed E-state index contributed by atoms with van der Waals surface area (Å²) in [4.78, 5) is 14.4. The second kappa shape index (κ2) is 4.69. The van der Waals surface area contributed by atoms with Crippen LogP contribution in [-0.4, -0.2) is 23.4 Å². The van der Waals surface area contributed by atoms with Gasteiger partial charge in [-0.1, -0.05) is 15.9 Å². The van der Waals surface area contributed by atoms with E-state index in [0.29, 0.717) is 17.3 Å². The standard InChI is InChI=1S/C13H17BrN2O/c1-8-4-3-5-16(8)13(17)11-6-10(14)7-12(15)9(11)2/h6-8H,3-5,15H2,1-2H3. The van der Waals surface area contributed by atoms with E-state index in [0.717, 1.165) is 29.4 Å². The molecule has 1 aliphatic rings. The number of carbonyl (C=O) groups excluding carboxylic acids is 1. The number of halogens is 1. The van der Waals surface area contributed by atoms with Crippen molar-refractivity contribution in [3.05, 3.63) is 27.7 Å². The zero-order valence-electron chi connectivity index (χ0n) is 10.2. The quantitative estimate of drug-likeness (QED) is 0.810. The summed E-state index contributed by atoms with van der Waals surface area (Å²) < 4.78 is 0.857. The first-order valence-corrected chi connectivity index (χ1v) is 6.66. The van der Waals surface area contributed by atoms with Crippen molar-refractivity contribution in [2.75, 3.05) is 12.3 Å². The number of likely N-dealkylation sites (tertiary alicyclic amines) is 1. The van der Waals surface area contributed by atoms with E-state index in [9.17, 15) is 4.79 Å². The fraction of sp³-hybridized carbons (Fsp3) is 0.462. The number of hydrogen-bond donors (Lipinski definition) is 1. The van der Waals surface area contributed by atoms with Gasteiger partial charge in [0.05, 0.1) is 0 Å². The highest BCUT2D eigenvalue weighted by molar-refractivity contribution is 9.10. The summed E-state index contributed by atoms with van der Waals surface area (Å²) in [5, 5.41) is 0. The van der Waals surface area contributed by atoms with Crippen molar-refractivity contribution in [1.29, 1.82) is 0 Å². The highest BCUT2D eigenvalue weighted by atomic mass is 79.9. The number of nitrogen functional groups attached to an aromatic ring is 1. The van der Waals surface area contributed by atoms with Gasteiger partial charge >= 0.3 is 0 Å². The monoisotopic (exact) mass is 296 g/mol. The van der Waals surface area contributed by atoms with Gasteiger partial charge in [0.15, 0.2) is 0 Å². The van der Waals surface area contributed by atoms with Crippen LogP contribution in [0.25, 0.3) is 0 Å². The Morgan fingerprint density at radius 2 is 2.24 bits per heavy atom. The molecule has 0 spiro atoms. The third-order valence-electron chi connectivity index (χ3n) is 3.46. The molecule has 3 nitrogen and oxygen atoms in total. The second-order valence-corrected chi connectivity index (χ2v) is 5.57. The molecular weight excluding hydrogens is 280 g/mol. The average molecular weight is 297 g/mol. The number of carbonyl (C=O) groups is 1. The Morgan fingerprint density at radius 3 is 2.82 bits per heavy atom. The number of hydrogen-bond acceptors (Lipinski definition) is 2. The van der Waals surface area contributed by atoms with E-state index >= 15 is 0 Å². The Balaban J connectivity index is 2.37. The van der Waals surface area contributed by atoms with Gasteiger partial charge in [-0.05, 0) is 44.4 Å². The van der Waals surface area contributed by atoms with Crippen molar-refractivity contribution in [2.45, 2.75) is 32.7 Å². The molecule has 1 amide bonds. The topological polar surface area (TPSA) is 46.3 Å². The van der Waals surface area contributed by atoms with Crippen molar-refractivity contribution in [3.63, 3.8) is 0 Å². The molecule has 17 heavy (non-hydrogen) atoms. The minimum absolute atomic E-state index is 0.0977. The number of nitrogens with two attached hydrogens (primary N) is 1. The molecule has 0 bridgehead atoms. The van der Waals surface area contributed by atoms with Crippen LogP contribution in [0, 0.1) is 6.92 Å². The maximum absolute atomic E-state index is 12.4. The summed E-state index contributed by atoms with van der Waals surface area (Å²) in [6, 6.07) is 4.03. The lowest BCUT2D eigenvalue weighted by atomic mass is 10.1. The summed E-state index contributed by atoms with van der Waals surface area (Å²) in [6.07, 6.45) is 2.18. The van der Waals surface area contributed by atoms with Crippen molar-refractivity contribution in [3.8, 4) is 0 Å². The Hall–Kier alpha value is -1.03. The zero-order valence-corrected chi connectivity index (χ0v) is 11.8. The van der Waals surface area contributed by atoms with E-state index in [1.165, 1.54) is 0 Å². The predicted octanol–water partition coefficient (Wildman–Crippen LogP) is 2.96. The van der Waals surface area contributed by atoms with Gasteiger partial charge in [-0.2, -0.15) is 0 Å². The first-order valence-electron chi connectivity index (χ1n) is 5.87. The minimum Gasteiger partial charge on any atom is -0.398 e. The zero-order chi connectivity index (χ0) is 12.6. The summed E-state index contributed by atoms with van der Waals surface area (Å²) in [5.74, 6) is 0.0977. The molecule has 0 saturated carbocycles. The molecule has 1 aromatic carbocycles. The first-order chi connectivity index (χ1) is 8.00. The van der Waals surface area contributed by atoms with E-state index in [1.54, 1.807) is 0 Å². The SMILES string of the molecule is Cc1c(N)cc(Br)cc1C(=O)N1CCCC1C. The van der Waals surface area contributed by atoms with E-state index in [-0.39, 0.29) is 5.91 Å². The number of anilines is 1. The fourth-order valence-electron chi connectivity index (χ4n) is 2.31. The minimum atomic E-state index is 0.0977. The van der Waals surface area contributed by atoms with Crippen LogP contribution in [0.5, 0.6) is 0 Å².